The molecule has 1 heterocycles. The largest absolute Gasteiger partial charge is 0.456 e. The zero-order valence-corrected chi connectivity index (χ0v) is 27.3. The Balaban J connectivity index is 1.47. The van der Waals surface area contributed by atoms with Crippen LogP contribution in [0.5, 0.6) is 11.5 Å². The molecule has 222 valence electrons. The van der Waals surface area contributed by atoms with Crippen LogP contribution in [0.15, 0.2) is 106 Å². The Morgan fingerprint density at radius 1 is 0.533 bits per heavy atom. The topological polar surface area (TPSA) is 58.9 Å². The molecule has 0 amide bonds. The van der Waals surface area contributed by atoms with Gasteiger partial charge in [-0.3, -0.25) is 0 Å². The second kappa shape index (κ2) is 12.7. The van der Waals surface area contributed by atoms with Crippen LogP contribution in [0, 0.1) is 0 Å². The van der Waals surface area contributed by atoms with E-state index in [9.17, 15) is 10.2 Å². The van der Waals surface area contributed by atoms with Gasteiger partial charge >= 0.3 is 0 Å². The maximum absolute atomic E-state index is 9.45. The van der Waals surface area contributed by atoms with Gasteiger partial charge in [-0.1, -0.05) is 117 Å². The summed E-state index contributed by atoms with van der Waals surface area (Å²) in [6.45, 7) is 0.0894. The van der Waals surface area contributed by atoms with Crippen molar-refractivity contribution in [3.8, 4) is 22.6 Å². The second-order valence-electron chi connectivity index (χ2n) is 10.9. The fourth-order valence-electron chi connectivity index (χ4n) is 5.80. The molecule has 45 heavy (non-hydrogen) atoms. The van der Waals surface area contributed by atoms with Gasteiger partial charge in [-0.05, 0) is 80.2 Å². The number of rotatable bonds is 6. The van der Waals surface area contributed by atoms with Crippen LogP contribution in [-0.2, 0) is 13.2 Å². The van der Waals surface area contributed by atoms with Crippen molar-refractivity contribution >= 4 is 77.7 Å². The average Bonchev–Trinajstić information content (AvgIpc) is 3.27. The van der Waals surface area contributed by atoms with E-state index in [1.54, 1.807) is 0 Å². The van der Waals surface area contributed by atoms with E-state index in [2.05, 4.69) is 105 Å². The van der Waals surface area contributed by atoms with E-state index in [0.29, 0.717) is 0 Å². The summed E-state index contributed by atoms with van der Waals surface area (Å²) < 4.78 is 14.9. The monoisotopic (exact) mass is 718 g/mol. The summed E-state index contributed by atoms with van der Waals surface area (Å²) in [5, 5.41) is 23.2. The smallest absolute Gasteiger partial charge is 0.231 e. The van der Waals surface area contributed by atoms with Crippen molar-refractivity contribution in [2.45, 2.75) is 13.2 Å². The lowest BCUT2D eigenvalue weighted by Gasteiger charge is -2.17. The molecular formula is C39H28Br2O4. The number of halogens is 2. The summed E-state index contributed by atoms with van der Waals surface area (Å²) in [5.74, 6) is 1.52. The lowest BCUT2D eigenvalue weighted by Crippen LogP contribution is -2.05. The molecule has 6 aromatic rings. The second-order valence-corrected chi connectivity index (χ2v) is 12.8. The normalized spacial score (nSPS) is 12.7. The van der Waals surface area contributed by atoms with Crippen LogP contribution in [0.3, 0.4) is 0 Å². The molecule has 6 aromatic carbocycles. The first-order chi connectivity index (χ1) is 22.0. The third-order valence-corrected chi connectivity index (χ3v) is 9.04. The zero-order chi connectivity index (χ0) is 30.9. The van der Waals surface area contributed by atoms with Gasteiger partial charge in [0.05, 0.1) is 13.2 Å². The Morgan fingerprint density at radius 3 is 1.36 bits per heavy atom. The van der Waals surface area contributed by atoms with Gasteiger partial charge in [0.2, 0.25) is 6.79 Å². The minimum absolute atomic E-state index is 0.0159. The van der Waals surface area contributed by atoms with E-state index < -0.39 is 0 Å². The van der Waals surface area contributed by atoms with Gasteiger partial charge in [-0.2, -0.15) is 0 Å². The first-order valence-electron chi connectivity index (χ1n) is 14.5. The number of benzene rings is 6. The number of ether oxygens (including phenoxy) is 2. The molecule has 0 aromatic heterocycles. The average molecular weight is 720 g/mol. The van der Waals surface area contributed by atoms with E-state index in [-0.39, 0.29) is 20.0 Å². The molecule has 0 atom stereocenters. The van der Waals surface area contributed by atoms with Crippen LogP contribution in [0.25, 0.3) is 57.0 Å². The fraction of sp³-hybridized carbons (Fsp3) is 0.0769. The summed E-state index contributed by atoms with van der Waals surface area (Å²) in [7, 11) is 0. The number of fused-ring (bicyclic) bond motifs is 7. The minimum Gasteiger partial charge on any atom is -0.456 e. The Morgan fingerprint density at radius 2 is 0.956 bits per heavy atom. The molecule has 7 rings (SSSR count). The molecule has 4 nitrogen and oxygen atoms in total. The van der Waals surface area contributed by atoms with E-state index in [4.69, 9.17) is 9.47 Å². The van der Waals surface area contributed by atoms with Gasteiger partial charge in [0.25, 0.3) is 0 Å². The molecule has 0 saturated heterocycles. The highest BCUT2D eigenvalue weighted by Crippen LogP contribution is 2.51. The first-order valence-corrected chi connectivity index (χ1v) is 16.1. The van der Waals surface area contributed by atoms with E-state index in [0.717, 1.165) is 86.5 Å². The highest BCUT2D eigenvalue weighted by Gasteiger charge is 2.26. The van der Waals surface area contributed by atoms with Crippen LogP contribution >= 0.6 is 31.9 Å². The fourth-order valence-corrected chi connectivity index (χ4v) is 6.56. The number of aliphatic hydroxyl groups is 2. The third kappa shape index (κ3) is 5.95. The predicted octanol–water partition coefficient (Wildman–Crippen LogP) is 10.2. The minimum atomic E-state index is 0.0159. The first kappa shape index (κ1) is 29.5. The highest BCUT2D eigenvalue weighted by atomic mass is 79.9. The summed E-state index contributed by atoms with van der Waals surface area (Å²) in [4.78, 5) is 0. The maximum Gasteiger partial charge on any atom is 0.231 e. The molecule has 0 unspecified atom stereocenters. The maximum atomic E-state index is 9.45. The van der Waals surface area contributed by atoms with Gasteiger partial charge in [-0.25, -0.2) is 0 Å². The number of hydrogen-bond acceptors (Lipinski definition) is 4. The summed E-state index contributed by atoms with van der Waals surface area (Å²) in [5.41, 5.74) is 7.64. The van der Waals surface area contributed by atoms with Gasteiger partial charge in [0.15, 0.2) is 0 Å². The van der Waals surface area contributed by atoms with E-state index >= 15 is 0 Å². The van der Waals surface area contributed by atoms with Crippen LogP contribution in [-0.4, -0.2) is 17.0 Å². The van der Waals surface area contributed by atoms with E-state index in [1.165, 1.54) is 0 Å². The van der Waals surface area contributed by atoms with Crippen molar-refractivity contribution in [1.82, 2.24) is 0 Å². The molecule has 0 fully saturated rings. The molecule has 0 bridgehead atoms. The molecular weight excluding hydrogens is 692 g/mol. The molecule has 6 heteroatoms. The van der Waals surface area contributed by atoms with Gasteiger partial charge < -0.3 is 19.7 Å². The van der Waals surface area contributed by atoms with Crippen molar-refractivity contribution < 1.29 is 19.7 Å². The highest BCUT2D eigenvalue weighted by molar-refractivity contribution is 9.10. The lowest BCUT2D eigenvalue weighted by atomic mass is 9.88. The Hall–Kier alpha value is -4.20. The Labute approximate surface area is 278 Å². The molecule has 0 saturated carbocycles. The van der Waals surface area contributed by atoms with Crippen molar-refractivity contribution in [2.24, 2.45) is 0 Å². The molecule has 0 radical (unpaired) electrons. The van der Waals surface area contributed by atoms with Gasteiger partial charge in [0.1, 0.15) is 11.5 Å². The number of aliphatic hydroxyl groups excluding tert-OH is 2. The molecule has 2 N–H and O–H groups in total. The molecule has 1 aliphatic rings. The zero-order valence-electron chi connectivity index (χ0n) is 24.1. The number of hydrogen-bond donors (Lipinski definition) is 2. The Bertz CT molecular complexity index is 1960. The predicted molar refractivity (Wildman–Crippen MR) is 191 cm³/mol. The quantitative estimate of drug-likeness (QED) is 0.168. The van der Waals surface area contributed by atoms with E-state index in [1.807, 2.05) is 48.5 Å². The Kier molecular flexibility index (Phi) is 8.30. The van der Waals surface area contributed by atoms with Crippen molar-refractivity contribution in [2.75, 3.05) is 6.79 Å². The molecule has 1 aliphatic heterocycles. The van der Waals surface area contributed by atoms with Gasteiger partial charge in [-0.15, -0.1) is 0 Å². The van der Waals surface area contributed by atoms with Crippen LogP contribution < -0.4 is 9.47 Å². The third-order valence-electron chi connectivity index (χ3n) is 8.06. The van der Waals surface area contributed by atoms with Crippen molar-refractivity contribution in [1.29, 1.82) is 0 Å². The summed E-state index contributed by atoms with van der Waals surface area (Å²) in [6, 6.07) is 32.7. The van der Waals surface area contributed by atoms with Crippen LogP contribution in [0.1, 0.15) is 33.4 Å². The molecule has 0 spiro atoms. The summed E-state index contributed by atoms with van der Waals surface area (Å²) >= 11 is 7.36. The molecule has 0 aliphatic carbocycles. The van der Waals surface area contributed by atoms with Crippen molar-refractivity contribution in [3.63, 3.8) is 0 Å². The summed E-state index contributed by atoms with van der Waals surface area (Å²) in [6.07, 6.45) is 8.29. The lowest BCUT2D eigenvalue weighted by molar-refractivity contribution is 0.124. The van der Waals surface area contributed by atoms with Crippen LogP contribution in [0.2, 0.25) is 0 Å². The standard InChI is InChI=1S/C39H28Br2O4/c40-32-13-15-34-30(19-32)17-28(11-9-24-1-5-26(21-42)6-2-24)38-36(34)37-35-16-14-33(41)20-31(35)18-29(39(37)45-23-44-38)12-10-25-3-7-27(22-43)8-4-25/h1-20,42-43H,21-23H2/b11-9-,12-10-. The van der Waals surface area contributed by atoms with Crippen LogP contribution in [0.4, 0.5) is 0 Å². The SMILES string of the molecule is OCc1ccc(/C=C\c2cc3cc(Br)ccc3c3c2OCOc2c(/C=C\c4ccc(CO)cc4)cc4cc(Br)ccc4c2-3)cc1. The van der Waals surface area contributed by atoms with Crippen molar-refractivity contribution in [3.05, 3.63) is 139 Å². The van der Waals surface area contributed by atoms with Gasteiger partial charge in [0, 0.05) is 31.2 Å².